The molecule has 4 nitrogen and oxygen atoms in total. The highest BCUT2D eigenvalue weighted by atomic mass is 32.2. The van der Waals surface area contributed by atoms with Gasteiger partial charge >= 0.3 is 0 Å². The molecule has 1 amide bonds. The number of aryl methyl sites for hydroxylation is 1. The van der Waals surface area contributed by atoms with Gasteiger partial charge in [0.05, 0.1) is 6.54 Å². The summed E-state index contributed by atoms with van der Waals surface area (Å²) in [6.07, 6.45) is 5.22. The summed E-state index contributed by atoms with van der Waals surface area (Å²) >= 11 is 1.67. The minimum Gasteiger partial charge on any atom is -0.463 e. The lowest BCUT2D eigenvalue weighted by Gasteiger charge is -2.20. The number of rotatable bonds is 6. The molecule has 5 heteroatoms. The molecule has 1 unspecified atom stereocenters. The van der Waals surface area contributed by atoms with Crippen molar-refractivity contribution in [1.29, 1.82) is 0 Å². The minimum absolute atomic E-state index is 0.0779. The van der Waals surface area contributed by atoms with Crippen LogP contribution in [-0.2, 0) is 10.4 Å². The van der Waals surface area contributed by atoms with Crippen molar-refractivity contribution in [2.75, 3.05) is 12.8 Å². The van der Waals surface area contributed by atoms with Crippen LogP contribution in [0.2, 0.25) is 0 Å². The van der Waals surface area contributed by atoms with Crippen molar-refractivity contribution >= 4 is 23.7 Å². The minimum atomic E-state index is -1.24. The van der Waals surface area contributed by atoms with Gasteiger partial charge in [0.2, 0.25) is 5.91 Å². The Labute approximate surface area is 140 Å². The van der Waals surface area contributed by atoms with Crippen LogP contribution in [0.5, 0.6) is 0 Å². The summed E-state index contributed by atoms with van der Waals surface area (Å²) in [4.78, 5) is 13.1. The molecule has 1 heterocycles. The van der Waals surface area contributed by atoms with E-state index in [-0.39, 0.29) is 12.5 Å². The molecule has 2 N–H and O–H groups in total. The van der Waals surface area contributed by atoms with Gasteiger partial charge in [0.1, 0.15) is 17.1 Å². The molecular formula is C18H21NO3S. The van der Waals surface area contributed by atoms with Crippen LogP contribution in [0.25, 0.3) is 6.08 Å². The van der Waals surface area contributed by atoms with Crippen LogP contribution in [-0.4, -0.2) is 23.8 Å². The van der Waals surface area contributed by atoms with Crippen LogP contribution in [0.4, 0.5) is 0 Å². The fraction of sp³-hybridized carbons (Fsp3) is 0.278. The highest BCUT2D eigenvalue weighted by molar-refractivity contribution is 7.98. The number of hydrogen-bond donors (Lipinski definition) is 2. The third-order valence-corrected chi connectivity index (χ3v) is 4.16. The Kier molecular flexibility index (Phi) is 5.69. The van der Waals surface area contributed by atoms with Gasteiger partial charge in [-0.15, -0.1) is 11.8 Å². The standard InChI is InChI=1S/C18H21NO3S/c1-13-4-10-16(22-13)18(2,21)12-19-17(20)11-7-14-5-8-15(23-3)9-6-14/h4-11,21H,12H2,1-3H3,(H,19,20)/b11-7+. The molecule has 23 heavy (non-hydrogen) atoms. The Morgan fingerprint density at radius 3 is 2.57 bits per heavy atom. The predicted molar refractivity (Wildman–Crippen MR) is 93.3 cm³/mol. The zero-order chi connectivity index (χ0) is 16.9. The predicted octanol–water partition coefficient (Wildman–Crippen LogP) is 3.35. The fourth-order valence-corrected chi connectivity index (χ4v) is 2.42. The molecule has 2 rings (SSSR count). The molecule has 0 aliphatic heterocycles. The van der Waals surface area contributed by atoms with Gasteiger partial charge < -0.3 is 14.8 Å². The lowest BCUT2D eigenvalue weighted by molar-refractivity contribution is -0.117. The van der Waals surface area contributed by atoms with Crippen molar-refractivity contribution in [2.45, 2.75) is 24.3 Å². The average molecular weight is 331 g/mol. The summed E-state index contributed by atoms with van der Waals surface area (Å²) in [6, 6.07) is 11.4. The smallest absolute Gasteiger partial charge is 0.244 e. The summed E-state index contributed by atoms with van der Waals surface area (Å²) in [5.41, 5.74) is -0.288. The fourth-order valence-electron chi connectivity index (χ4n) is 2.02. The second-order valence-corrected chi connectivity index (χ2v) is 6.39. The number of furan rings is 1. The van der Waals surface area contributed by atoms with Crippen molar-refractivity contribution in [3.8, 4) is 0 Å². The van der Waals surface area contributed by atoms with E-state index in [1.807, 2.05) is 37.4 Å². The lowest BCUT2D eigenvalue weighted by atomic mass is 10.0. The van der Waals surface area contributed by atoms with Crippen molar-refractivity contribution < 1.29 is 14.3 Å². The zero-order valence-electron chi connectivity index (χ0n) is 13.5. The van der Waals surface area contributed by atoms with Gasteiger partial charge in [0.25, 0.3) is 0 Å². The van der Waals surface area contributed by atoms with E-state index in [0.717, 1.165) is 11.3 Å². The number of amides is 1. The SMILES string of the molecule is CSc1ccc(/C=C/C(=O)NCC(C)(O)c2ccc(C)o2)cc1. The van der Waals surface area contributed by atoms with Crippen molar-refractivity contribution in [2.24, 2.45) is 0 Å². The summed E-state index contributed by atoms with van der Waals surface area (Å²) in [6.45, 7) is 3.49. The molecule has 0 aliphatic carbocycles. The molecule has 0 saturated carbocycles. The number of thioether (sulfide) groups is 1. The van der Waals surface area contributed by atoms with Gasteiger partial charge in [-0.05, 0) is 56.0 Å². The van der Waals surface area contributed by atoms with Gasteiger partial charge in [-0.3, -0.25) is 4.79 Å². The van der Waals surface area contributed by atoms with Crippen molar-refractivity contribution in [3.63, 3.8) is 0 Å². The number of carbonyl (C=O) groups excluding carboxylic acids is 1. The van der Waals surface area contributed by atoms with Gasteiger partial charge in [-0.1, -0.05) is 12.1 Å². The Morgan fingerprint density at radius 2 is 2.00 bits per heavy atom. The van der Waals surface area contributed by atoms with E-state index in [1.54, 1.807) is 36.9 Å². The van der Waals surface area contributed by atoms with Crippen LogP contribution in [0.15, 0.2) is 51.8 Å². The van der Waals surface area contributed by atoms with Crippen LogP contribution < -0.4 is 5.32 Å². The first-order valence-corrected chi connectivity index (χ1v) is 8.52. The van der Waals surface area contributed by atoms with E-state index in [4.69, 9.17) is 4.42 Å². The molecule has 0 fully saturated rings. The molecule has 1 atom stereocenters. The summed E-state index contributed by atoms with van der Waals surface area (Å²) < 4.78 is 5.41. The zero-order valence-corrected chi connectivity index (χ0v) is 14.3. The third-order valence-electron chi connectivity index (χ3n) is 3.42. The number of nitrogens with one attached hydrogen (secondary N) is 1. The second kappa shape index (κ2) is 7.53. The highest BCUT2D eigenvalue weighted by Gasteiger charge is 2.27. The normalized spacial score (nSPS) is 13.9. The highest BCUT2D eigenvalue weighted by Crippen LogP contribution is 2.22. The molecule has 2 aromatic rings. The molecular weight excluding hydrogens is 310 g/mol. The Balaban J connectivity index is 1.90. The van der Waals surface area contributed by atoms with Gasteiger partial charge in [0, 0.05) is 11.0 Å². The van der Waals surface area contributed by atoms with Crippen LogP contribution >= 0.6 is 11.8 Å². The van der Waals surface area contributed by atoms with Crippen molar-refractivity contribution in [1.82, 2.24) is 5.32 Å². The van der Waals surface area contributed by atoms with Crippen molar-refractivity contribution in [3.05, 3.63) is 59.6 Å². The van der Waals surface area contributed by atoms with E-state index >= 15 is 0 Å². The third kappa shape index (κ3) is 5.01. The lowest BCUT2D eigenvalue weighted by Crippen LogP contribution is -2.37. The van der Waals surface area contributed by atoms with Crippen LogP contribution in [0.1, 0.15) is 24.0 Å². The molecule has 0 bridgehead atoms. The Morgan fingerprint density at radius 1 is 1.30 bits per heavy atom. The number of aliphatic hydroxyl groups is 1. The Hall–Kier alpha value is -1.98. The molecule has 1 aromatic carbocycles. The van der Waals surface area contributed by atoms with Gasteiger partial charge in [0.15, 0.2) is 0 Å². The van der Waals surface area contributed by atoms with Crippen LogP contribution in [0, 0.1) is 6.92 Å². The Bertz CT molecular complexity index is 687. The molecule has 0 aliphatic rings. The number of hydrogen-bond acceptors (Lipinski definition) is 4. The quantitative estimate of drug-likeness (QED) is 0.629. The summed E-state index contributed by atoms with van der Waals surface area (Å²) in [7, 11) is 0. The topological polar surface area (TPSA) is 62.5 Å². The summed E-state index contributed by atoms with van der Waals surface area (Å²) in [5, 5.41) is 13.0. The average Bonchev–Trinajstić information content (AvgIpc) is 2.99. The largest absolute Gasteiger partial charge is 0.463 e. The summed E-state index contributed by atoms with van der Waals surface area (Å²) in [5.74, 6) is 0.898. The van der Waals surface area contributed by atoms with E-state index in [9.17, 15) is 9.90 Å². The van der Waals surface area contributed by atoms with Gasteiger partial charge in [-0.2, -0.15) is 0 Å². The van der Waals surface area contributed by atoms with Gasteiger partial charge in [-0.25, -0.2) is 0 Å². The molecule has 122 valence electrons. The molecule has 0 saturated heterocycles. The molecule has 0 spiro atoms. The maximum absolute atomic E-state index is 11.9. The number of benzene rings is 1. The first-order valence-electron chi connectivity index (χ1n) is 7.30. The molecule has 0 radical (unpaired) electrons. The maximum Gasteiger partial charge on any atom is 0.244 e. The van der Waals surface area contributed by atoms with E-state index in [1.165, 1.54) is 11.0 Å². The maximum atomic E-state index is 11.9. The van der Waals surface area contributed by atoms with E-state index < -0.39 is 5.60 Å². The monoisotopic (exact) mass is 331 g/mol. The molecule has 1 aromatic heterocycles. The van der Waals surface area contributed by atoms with E-state index in [0.29, 0.717) is 5.76 Å². The number of carbonyl (C=O) groups is 1. The first kappa shape index (κ1) is 17.4. The van der Waals surface area contributed by atoms with E-state index in [2.05, 4.69) is 5.32 Å². The second-order valence-electron chi connectivity index (χ2n) is 5.51. The van der Waals surface area contributed by atoms with Crippen LogP contribution in [0.3, 0.4) is 0 Å². The first-order chi connectivity index (χ1) is 10.9.